The second kappa shape index (κ2) is 4.11. The Balaban J connectivity index is 1.87. The van der Waals surface area contributed by atoms with Crippen LogP contribution in [0.4, 0.5) is 5.69 Å². The number of anilines is 1. The molecular formula is C13H14N2OS. The summed E-state index contributed by atoms with van der Waals surface area (Å²) < 4.78 is 1.15. The van der Waals surface area contributed by atoms with Gasteiger partial charge in [-0.25, -0.2) is 4.98 Å². The molecule has 17 heavy (non-hydrogen) atoms. The van der Waals surface area contributed by atoms with Gasteiger partial charge in [-0.05, 0) is 37.5 Å². The molecule has 2 aromatic rings. The Hall–Kier alpha value is -1.42. The maximum Gasteiger partial charge on any atom is 0.227 e. The maximum absolute atomic E-state index is 11.6. The van der Waals surface area contributed by atoms with Gasteiger partial charge in [0, 0.05) is 11.6 Å². The smallest absolute Gasteiger partial charge is 0.227 e. The van der Waals surface area contributed by atoms with Gasteiger partial charge in [-0.1, -0.05) is 6.92 Å². The average molecular weight is 246 g/mol. The summed E-state index contributed by atoms with van der Waals surface area (Å²) in [7, 11) is 0. The molecule has 1 aliphatic carbocycles. The molecule has 1 amide bonds. The molecule has 0 aliphatic heterocycles. The Bertz CT molecular complexity index is 572. The molecule has 88 valence electrons. The van der Waals surface area contributed by atoms with Crippen LogP contribution in [0.25, 0.3) is 10.2 Å². The van der Waals surface area contributed by atoms with Crippen LogP contribution in [-0.4, -0.2) is 10.9 Å². The van der Waals surface area contributed by atoms with E-state index >= 15 is 0 Å². The molecule has 0 bridgehead atoms. The van der Waals surface area contributed by atoms with Crippen molar-refractivity contribution >= 4 is 33.1 Å². The van der Waals surface area contributed by atoms with Crippen molar-refractivity contribution in [1.29, 1.82) is 0 Å². The van der Waals surface area contributed by atoms with Gasteiger partial charge >= 0.3 is 0 Å². The van der Waals surface area contributed by atoms with Crippen molar-refractivity contribution in [2.45, 2.75) is 26.2 Å². The lowest BCUT2D eigenvalue weighted by molar-refractivity contribution is -0.117. The number of fused-ring (bicyclic) bond motifs is 1. The topological polar surface area (TPSA) is 42.0 Å². The van der Waals surface area contributed by atoms with Crippen LogP contribution in [0.1, 0.15) is 24.8 Å². The molecule has 0 radical (unpaired) electrons. The molecule has 3 rings (SSSR count). The van der Waals surface area contributed by atoms with E-state index in [-0.39, 0.29) is 11.8 Å². The van der Waals surface area contributed by atoms with Gasteiger partial charge in [-0.3, -0.25) is 4.79 Å². The Morgan fingerprint density at radius 1 is 1.53 bits per heavy atom. The number of aromatic nitrogens is 1. The van der Waals surface area contributed by atoms with Crippen molar-refractivity contribution in [1.82, 2.24) is 4.98 Å². The fourth-order valence-corrected chi connectivity index (χ4v) is 2.74. The van der Waals surface area contributed by atoms with Crippen molar-refractivity contribution in [3.63, 3.8) is 0 Å². The van der Waals surface area contributed by atoms with E-state index in [0.29, 0.717) is 0 Å². The van der Waals surface area contributed by atoms with Gasteiger partial charge in [-0.15, -0.1) is 11.3 Å². The number of nitrogens with one attached hydrogen (secondary N) is 1. The molecule has 1 fully saturated rings. The van der Waals surface area contributed by atoms with E-state index < -0.39 is 0 Å². The van der Waals surface area contributed by atoms with Crippen LogP contribution in [0, 0.1) is 5.92 Å². The molecule has 0 saturated heterocycles. The summed E-state index contributed by atoms with van der Waals surface area (Å²) in [5.74, 6) is 0.406. The third-order valence-electron chi connectivity index (χ3n) is 2.95. The van der Waals surface area contributed by atoms with Gasteiger partial charge in [0.2, 0.25) is 5.91 Å². The lowest BCUT2D eigenvalue weighted by Gasteiger charge is -2.03. The van der Waals surface area contributed by atoms with Crippen LogP contribution in [0.2, 0.25) is 0 Å². The van der Waals surface area contributed by atoms with E-state index in [0.717, 1.165) is 40.2 Å². The third kappa shape index (κ3) is 2.17. The van der Waals surface area contributed by atoms with E-state index in [2.05, 4.69) is 17.2 Å². The fraction of sp³-hybridized carbons (Fsp3) is 0.385. The number of hydrogen-bond donors (Lipinski definition) is 1. The molecule has 1 N–H and O–H groups in total. The van der Waals surface area contributed by atoms with E-state index in [1.54, 1.807) is 11.3 Å². The molecule has 1 aliphatic rings. The quantitative estimate of drug-likeness (QED) is 0.903. The number of aryl methyl sites for hydroxylation is 1. The summed E-state index contributed by atoms with van der Waals surface area (Å²) in [5, 5.41) is 4.11. The highest BCUT2D eigenvalue weighted by Gasteiger charge is 2.29. The zero-order valence-electron chi connectivity index (χ0n) is 9.69. The van der Waals surface area contributed by atoms with Crippen molar-refractivity contribution in [2.24, 2.45) is 5.92 Å². The van der Waals surface area contributed by atoms with Gasteiger partial charge in [0.15, 0.2) is 0 Å². The van der Waals surface area contributed by atoms with E-state index in [1.165, 1.54) is 0 Å². The Kier molecular flexibility index (Phi) is 2.59. The van der Waals surface area contributed by atoms with Crippen LogP contribution >= 0.6 is 11.3 Å². The first-order valence-corrected chi connectivity index (χ1v) is 6.78. The Morgan fingerprint density at radius 2 is 2.35 bits per heavy atom. The zero-order chi connectivity index (χ0) is 11.8. The third-order valence-corrected chi connectivity index (χ3v) is 4.11. The molecular weight excluding hydrogens is 232 g/mol. The first-order valence-electron chi connectivity index (χ1n) is 5.96. The molecule has 3 nitrogen and oxygen atoms in total. The predicted molar refractivity (Wildman–Crippen MR) is 70.4 cm³/mol. The molecule has 4 heteroatoms. The van der Waals surface area contributed by atoms with Crippen molar-refractivity contribution < 1.29 is 4.79 Å². The van der Waals surface area contributed by atoms with Crippen LogP contribution in [0.15, 0.2) is 18.2 Å². The highest BCUT2D eigenvalue weighted by molar-refractivity contribution is 7.18. The second-order valence-electron chi connectivity index (χ2n) is 4.41. The summed E-state index contributed by atoms with van der Waals surface area (Å²) >= 11 is 1.70. The second-order valence-corrected chi connectivity index (χ2v) is 5.52. The number of benzene rings is 1. The lowest BCUT2D eigenvalue weighted by atomic mass is 10.3. The number of rotatable bonds is 3. The highest BCUT2D eigenvalue weighted by Crippen LogP contribution is 2.31. The minimum absolute atomic E-state index is 0.157. The van der Waals surface area contributed by atoms with E-state index in [1.807, 2.05) is 18.2 Å². The normalized spacial score (nSPS) is 15.1. The molecule has 0 spiro atoms. The number of amides is 1. The largest absolute Gasteiger partial charge is 0.326 e. The Morgan fingerprint density at radius 3 is 3.06 bits per heavy atom. The summed E-state index contributed by atoms with van der Waals surface area (Å²) in [5.41, 5.74) is 1.91. The van der Waals surface area contributed by atoms with E-state index in [9.17, 15) is 4.79 Å². The summed E-state index contributed by atoms with van der Waals surface area (Å²) in [6.07, 6.45) is 3.03. The molecule has 1 saturated carbocycles. The first-order chi connectivity index (χ1) is 8.26. The monoisotopic (exact) mass is 246 g/mol. The number of hydrogen-bond acceptors (Lipinski definition) is 3. The van der Waals surface area contributed by atoms with Crippen molar-refractivity contribution in [3.8, 4) is 0 Å². The Labute approximate surface area is 104 Å². The van der Waals surface area contributed by atoms with Gasteiger partial charge in [-0.2, -0.15) is 0 Å². The number of carbonyl (C=O) groups excluding carboxylic acids is 1. The summed E-state index contributed by atoms with van der Waals surface area (Å²) in [4.78, 5) is 16.2. The van der Waals surface area contributed by atoms with Crippen LogP contribution in [0.3, 0.4) is 0 Å². The maximum atomic E-state index is 11.6. The number of thiazole rings is 1. The highest BCUT2D eigenvalue weighted by atomic mass is 32.1. The van der Waals surface area contributed by atoms with Crippen LogP contribution in [-0.2, 0) is 11.2 Å². The molecule has 0 atom stereocenters. The van der Waals surface area contributed by atoms with Crippen molar-refractivity contribution in [3.05, 3.63) is 23.2 Å². The summed E-state index contributed by atoms with van der Waals surface area (Å²) in [6.45, 7) is 2.10. The van der Waals surface area contributed by atoms with Gasteiger partial charge in [0.25, 0.3) is 0 Å². The van der Waals surface area contributed by atoms with Gasteiger partial charge in [0.05, 0.1) is 15.2 Å². The van der Waals surface area contributed by atoms with Crippen molar-refractivity contribution in [2.75, 3.05) is 5.32 Å². The average Bonchev–Trinajstić information content (AvgIpc) is 3.09. The van der Waals surface area contributed by atoms with Gasteiger partial charge in [0.1, 0.15) is 0 Å². The molecule has 1 aromatic heterocycles. The number of nitrogens with zero attached hydrogens (tertiary/aromatic N) is 1. The lowest BCUT2D eigenvalue weighted by Crippen LogP contribution is -2.12. The molecule has 1 heterocycles. The van der Waals surface area contributed by atoms with Crippen LogP contribution in [0.5, 0.6) is 0 Å². The van der Waals surface area contributed by atoms with Crippen LogP contribution < -0.4 is 5.32 Å². The minimum atomic E-state index is 0.157. The molecule has 1 aromatic carbocycles. The number of carbonyl (C=O) groups is 1. The van der Waals surface area contributed by atoms with E-state index in [4.69, 9.17) is 0 Å². The standard InChI is InChI=1S/C13H14N2OS/c1-2-12-15-10-6-5-9(7-11(10)17-12)14-13(16)8-3-4-8/h5-8H,2-4H2,1H3,(H,14,16). The fourth-order valence-electron chi connectivity index (χ4n) is 1.79. The first kappa shape index (κ1) is 10.7. The summed E-state index contributed by atoms with van der Waals surface area (Å²) in [6, 6.07) is 5.93. The minimum Gasteiger partial charge on any atom is -0.326 e. The van der Waals surface area contributed by atoms with Gasteiger partial charge < -0.3 is 5.32 Å². The molecule has 0 unspecified atom stereocenters. The SMILES string of the molecule is CCc1nc2ccc(NC(=O)C3CC3)cc2s1. The zero-order valence-corrected chi connectivity index (χ0v) is 10.5. The predicted octanol–water partition coefficient (Wildman–Crippen LogP) is 3.21.